The van der Waals surface area contributed by atoms with Crippen LogP contribution in [0.2, 0.25) is 0 Å². The predicted octanol–water partition coefficient (Wildman–Crippen LogP) is 2.27. The van der Waals surface area contributed by atoms with Crippen molar-refractivity contribution < 1.29 is 19.1 Å². The fourth-order valence-electron chi connectivity index (χ4n) is 2.08. The molecule has 28 heavy (non-hydrogen) atoms. The SMILES string of the molecule is COc1cc(C=NNC(=O)c2ccc(N)cc2)cc(Br)c1OCC(=O)N(C)C. The highest BCUT2D eigenvalue weighted by Gasteiger charge is 2.14. The number of rotatable bonds is 7. The van der Waals surface area contributed by atoms with E-state index in [0.717, 1.165) is 0 Å². The third kappa shape index (κ3) is 5.71. The van der Waals surface area contributed by atoms with Crippen LogP contribution in [0.15, 0.2) is 46.0 Å². The molecule has 9 heteroatoms. The molecular weight excluding hydrogens is 428 g/mol. The van der Waals surface area contributed by atoms with Crippen LogP contribution in [0, 0.1) is 0 Å². The van der Waals surface area contributed by atoms with Crippen molar-refractivity contribution in [1.82, 2.24) is 10.3 Å². The van der Waals surface area contributed by atoms with Gasteiger partial charge in [-0.1, -0.05) is 0 Å². The number of anilines is 1. The molecule has 2 aromatic carbocycles. The normalized spacial score (nSPS) is 10.6. The molecule has 0 fully saturated rings. The van der Waals surface area contributed by atoms with Gasteiger partial charge in [0.1, 0.15) is 0 Å². The molecular formula is C19H21BrN4O4. The Morgan fingerprint density at radius 2 is 1.93 bits per heavy atom. The number of likely N-dealkylation sites (N-methyl/N-ethyl adjacent to an activating group) is 1. The van der Waals surface area contributed by atoms with E-state index in [9.17, 15) is 9.59 Å². The first-order valence-electron chi connectivity index (χ1n) is 8.21. The van der Waals surface area contributed by atoms with E-state index in [2.05, 4.69) is 26.5 Å². The fourth-order valence-corrected chi connectivity index (χ4v) is 2.66. The molecule has 0 aliphatic carbocycles. The van der Waals surface area contributed by atoms with Crippen molar-refractivity contribution in [2.75, 3.05) is 33.5 Å². The Balaban J connectivity index is 2.08. The summed E-state index contributed by atoms with van der Waals surface area (Å²) in [6.45, 7) is -0.118. The van der Waals surface area contributed by atoms with Crippen LogP contribution in [-0.2, 0) is 4.79 Å². The standard InChI is InChI=1S/C19H21BrN4O4/c1-24(2)17(25)11-28-18-15(20)8-12(9-16(18)27-3)10-22-23-19(26)13-4-6-14(21)7-5-13/h4-10H,11,21H2,1-3H3,(H,23,26). The van der Waals surface area contributed by atoms with Crippen molar-refractivity contribution in [3.8, 4) is 11.5 Å². The second kappa shape index (κ2) is 9.75. The number of nitrogens with one attached hydrogen (secondary N) is 1. The highest BCUT2D eigenvalue weighted by molar-refractivity contribution is 9.10. The lowest BCUT2D eigenvalue weighted by Crippen LogP contribution is -2.27. The minimum Gasteiger partial charge on any atom is -0.493 e. The van der Waals surface area contributed by atoms with E-state index in [4.69, 9.17) is 15.2 Å². The van der Waals surface area contributed by atoms with E-state index in [-0.39, 0.29) is 18.4 Å². The van der Waals surface area contributed by atoms with Gasteiger partial charge in [0.2, 0.25) is 0 Å². The summed E-state index contributed by atoms with van der Waals surface area (Å²) in [6, 6.07) is 9.92. The summed E-state index contributed by atoms with van der Waals surface area (Å²) < 4.78 is 11.5. The number of hydrazone groups is 1. The Kier molecular flexibility index (Phi) is 7.39. The Hall–Kier alpha value is -3.07. The Morgan fingerprint density at radius 3 is 2.54 bits per heavy atom. The van der Waals surface area contributed by atoms with Gasteiger partial charge in [-0.3, -0.25) is 9.59 Å². The van der Waals surface area contributed by atoms with Gasteiger partial charge in [-0.15, -0.1) is 0 Å². The molecule has 0 heterocycles. The highest BCUT2D eigenvalue weighted by Crippen LogP contribution is 2.36. The number of hydrogen-bond acceptors (Lipinski definition) is 6. The van der Waals surface area contributed by atoms with Crippen LogP contribution in [0.4, 0.5) is 5.69 Å². The van der Waals surface area contributed by atoms with Gasteiger partial charge in [-0.05, 0) is 57.9 Å². The molecule has 2 rings (SSSR count). The van der Waals surface area contributed by atoms with E-state index < -0.39 is 0 Å². The lowest BCUT2D eigenvalue weighted by atomic mass is 10.2. The van der Waals surface area contributed by atoms with Crippen LogP contribution >= 0.6 is 15.9 Å². The molecule has 0 saturated heterocycles. The average Bonchev–Trinajstić information content (AvgIpc) is 2.66. The second-order valence-electron chi connectivity index (χ2n) is 5.93. The summed E-state index contributed by atoms with van der Waals surface area (Å²) >= 11 is 3.40. The van der Waals surface area contributed by atoms with Gasteiger partial charge >= 0.3 is 0 Å². The molecule has 0 unspecified atom stereocenters. The van der Waals surface area contributed by atoms with Gasteiger partial charge in [-0.25, -0.2) is 5.43 Å². The molecule has 0 aromatic heterocycles. The first-order chi connectivity index (χ1) is 13.3. The van der Waals surface area contributed by atoms with Crippen molar-refractivity contribution in [2.24, 2.45) is 5.10 Å². The summed E-state index contributed by atoms with van der Waals surface area (Å²) in [4.78, 5) is 25.2. The summed E-state index contributed by atoms with van der Waals surface area (Å²) in [5.41, 5.74) is 9.72. The van der Waals surface area contributed by atoms with Crippen molar-refractivity contribution >= 4 is 39.6 Å². The van der Waals surface area contributed by atoms with E-state index in [1.165, 1.54) is 18.2 Å². The van der Waals surface area contributed by atoms with Gasteiger partial charge < -0.3 is 20.1 Å². The quantitative estimate of drug-likeness (QED) is 0.383. The zero-order valence-electron chi connectivity index (χ0n) is 15.7. The smallest absolute Gasteiger partial charge is 0.271 e. The maximum atomic E-state index is 12.0. The molecule has 0 saturated carbocycles. The summed E-state index contributed by atoms with van der Waals surface area (Å²) in [7, 11) is 4.79. The summed E-state index contributed by atoms with van der Waals surface area (Å²) in [5, 5.41) is 3.95. The van der Waals surface area contributed by atoms with Crippen LogP contribution in [-0.4, -0.2) is 50.7 Å². The molecule has 0 atom stereocenters. The lowest BCUT2D eigenvalue weighted by Gasteiger charge is -2.15. The van der Waals surface area contributed by atoms with Crippen LogP contribution in [0.5, 0.6) is 11.5 Å². The average molecular weight is 449 g/mol. The Bertz CT molecular complexity index is 882. The molecule has 0 aliphatic rings. The summed E-state index contributed by atoms with van der Waals surface area (Å²) in [5.74, 6) is 0.294. The largest absolute Gasteiger partial charge is 0.493 e. The minimum absolute atomic E-state index is 0.118. The molecule has 8 nitrogen and oxygen atoms in total. The minimum atomic E-state index is -0.357. The number of halogens is 1. The Labute approximate surface area is 171 Å². The van der Waals surface area contributed by atoms with Gasteiger partial charge in [0, 0.05) is 25.3 Å². The fraction of sp³-hybridized carbons (Fsp3) is 0.211. The lowest BCUT2D eigenvalue weighted by molar-refractivity contribution is -0.130. The number of nitrogens with zero attached hydrogens (tertiary/aromatic N) is 2. The van der Waals surface area contributed by atoms with E-state index >= 15 is 0 Å². The predicted molar refractivity (Wildman–Crippen MR) is 111 cm³/mol. The number of nitrogen functional groups attached to an aromatic ring is 1. The molecule has 2 amide bonds. The number of nitrogens with two attached hydrogens (primary N) is 1. The van der Waals surface area contributed by atoms with Crippen LogP contribution in [0.1, 0.15) is 15.9 Å². The number of ether oxygens (including phenoxy) is 2. The molecule has 3 N–H and O–H groups in total. The van der Waals surface area contributed by atoms with Gasteiger partial charge in [0.05, 0.1) is 17.8 Å². The van der Waals surface area contributed by atoms with Crippen molar-refractivity contribution in [1.29, 1.82) is 0 Å². The third-order valence-electron chi connectivity index (χ3n) is 3.64. The molecule has 148 valence electrons. The highest BCUT2D eigenvalue weighted by atomic mass is 79.9. The Morgan fingerprint density at radius 1 is 1.25 bits per heavy atom. The van der Waals surface area contributed by atoms with Crippen molar-refractivity contribution in [2.45, 2.75) is 0 Å². The van der Waals surface area contributed by atoms with Gasteiger partial charge in [0.15, 0.2) is 18.1 Å². The first kappa shape index (κ1) is 21.2. The van der Waals surface area contributed by atoms with Crippen LogP contribution in [0.25, 0.3) is 0 Å². The topological polar surface area (TPSA) is 106 Å². The van der Waals surface area contributed by atoms with E-state index in [1.54, 1.807) is 50.5 Å². The molecule has 0 radical (unpaired) electrons. The zero-order valence-corrected chi connectivity index (χ0v) is 17.3. The van der Waals surface area contributed by atoms with E-state index in [1.807, 2.05) is 0 Å². The maximum Gasteiger partial charge on any atom is 0.271 e. The zero-order chi connectivity index (χ0) is 20.7. The number of methoxy groups -OCH3 is 1. The number of amides is 2. The molecule has 2 aromatic rings. The second-order valence-corrected chi connectivity index (χ2v) is 6.79. The van der Waals surface area contributed by atoms with Crippen LogP contribution < -0.4 is 20.6 Å². The number of benzene rings is 2. The molecule has 0 aliphatic heterocycles. The summed E-state index contributed by atoms with van der Waals surface area (Å²) in [6.07, 6.45) is 1.47. The number of carbonyl (C=O) groups excluding carboxylic acids is 2. The monoisotopic (exact) mass is 448 g/mol. The number of carbonyl (C=O) groups is 2. The third-order valence-corrected chi connectivity index (χ3v) is 4.23. The number of hydrogen-bond donors (Lipinski definition) is 2. The first-order valence-corrected chi connectivity index (χ1v) is 9.00. The van der Waals surface area contributed by atoms with Gasteiger partial charge in [-0.2, -0.15) is 5.10 Å². The molecule has 0 bridgehead atoms. The van der Waals surface area contributed by atoms with E-state index in [0.29, 0.717) is 32.8 Å². The van der Waals surface area contributed by atoms with Crippen molar-refractivity contribution in [3.63, 3.8) is 0 Å². The van der Waals surface area contributed by atoms with Crippen LogP contribution in [0.3, 0.4) is 0 Å². The molecule has 0 spiro atoms. The van der Waals surface area contributed by atoms with Crippen molar-refractivity contribution in [3.05, 3.63) is 52.0 Å². The maximum absolute atomic E-state index is 12.0. The van der Waals surface area contributed by atoms with Gasteiger partial charge in [0.25, 0.3) is 11.8 Å².